The van der Waals surface area contributed by atoms with Gasteiger partial charge in [0, 0.05) is 24.7 Å². The molecule has 3 aliphatic rings. The first-order valence-electron chi connectivity index (χ1n) is 7.13. The van der Waals surface area contributed by atoms with Gasteiger partial charge in [-0.15, -0.1) is 0 Å². The van der Waals surface area contributed by atoms with Crippen molar-refractivity contribution in [2.45, 2.75) is 25.0 Å². The Bertz CT molecular complexity index is 677. The summed E-state index contributed by atoms with van der Waals surface area (Å²) in [7, 11) is -1.94. The molecule has 1 amide bonds. The van der Waals surface area contributed by atoms with Gasteiger partial charge < -0.3 is 0 Å². The molecule has 0 radical (unpaired) electrons. The lowest BCUT2D eigenvalue weighted by Crippen LogP contribution is -2.42. The minimum absolute atomic E-state index is 0.184. The van der Waals surface area contributed by atoms with Gasteiger partial charge in [0.2, 0.25) is 15.9 Å². The molecule has 21 heavy (non-hydrogen) atoms. The summed E-state index contributed by atoms with van der Waals surface area (Å²) in [4.78, 5) is 12.3. The highest BCUT2D eigenvalue weighted by molar-refractivity contribution is 7.89. The molecule has 3 atom stereocenters. The number of sulfonamides is 1. The van der Waals surface area contributed by atoms with Crippen LogP contribution in [0, 0.1) is 17.8 Å². The van der Waals surface area contributed by atoms with Crippen molar-refractivity contribution in [2.75, 3.05) is 0 Å². The highest BCUT2D eigenvalue weighted by Gasteiger charge is 2.37. The lowest BCUT2D eigenvalue weighted by molar-refractivity contribution is -0.125. The van der Waals surface area contributed by atoms with Gasteiger partial charge in [0.1, 0.15) is 0 Å². The van der Waals surface area contributed by atoms with Crippen molar-refractivity contribution < 1.29 is 13.2 Å². The van der Waals surface area contributed by atoms with Gasteiger partial charge >= 0.3 is 0 Å². The minimum atomic E-state index is -3.66. The molecule has 0 spiro atoms. The maximum atomic E-state index is 12.3. The van der Waals surface area contributed by atoms with Crippen molar-refractivity contribution in [1.29, 1.82) is 0 Å². The van der Waals surface area contributed by atoms with Gasteiger partial charge in [-0.05, 0) is 31.1 Å². The van der Waals surface area contributed by atoms with E-state index >= 15 is 0 Å². The Balaban J connectivity index is 1.65. The number of nitrogens with zero attached hydrogens (tertiary/aromatic N) is 2. The Morgan fingerprint density at radius 1 is 1.43 bits per heavy atom. The summed E-state index contributed by atoms with van der Waals surface area (Å²) in [6.45, 7) is 0. The van der Waals surface area contributed by atoms with Gasteiger partial charge in [0.25, 0.3) is 0 Å². The van der Waals surface area contributed by atoms with Crippen molar-refractivity contribution >= 4 is 15.9 Å². The van der Waals surface area contributed by atoms with Crippen LogP contribution in [0.3, 0.4) is 0 Å². The Kier molecular flexibility index (Phi) is 3.61. The normalized spacial score (nSPS) is 27.8. The number of rotatable bonds is 4. The number of amides is 1. The van der Waals surface area contributed by atoms with E-state index in [9.17, 15) is 13.2 Å². The van der Waals surface area contributed by atoms with E-state index in [1.807, 2.05) is 0 Å². The highest BCUT2D eigenvalue weighted by Crippen LogP contribution is 2.40. The molecule has 1 aromatic rings. The number of carbonyl (C=O) groups excluding carboxylic acids is 1. The summed E-state index contributed by atoms with van der Waals surface area (Å²) in [5, 5.41) is 3.93. The van der Waals surface area contributed by atoms with Crippen LogP contribution in [0.25, 0.3) is 0 Å². The van der Waals surface area contributed by atoms with Crippen LogP contribution in [0.2, 0.25) is 0 Å². The van der Waals surface area contributed by atoms with Gasteiger partial charge in [-0.1, -0.05) is 12.2 Å². The largest absolute Gasteiger partial charge is 0.276 e. The Morgan fingerprint density at radius 3 is 2.76 bits per heavy atom. The average Bonchev–Trinajstić information content (AvgIpc) is 2.83. The van der Waals surface area contributed by atoms with Crippen LogP contribution in [0.1, 0.15) is 24.8 Å². The molecule has 2 bridgehead atoms. The van der Waals surface area contributed by atoms with Crippen LogP contribution in [0.4, 0.5) is 0 Å². The highest BCUT2D eigenvalue weighted by atomic mass is 32.2. The predicted molar refractivity (Wildman–Crippen MR) is 77.4 cm³/mol. The molecule has 0 aliphatic heterocycles. The van der Waals surface area contributed by atoms with Crippen LogP contribution in [0.5, 0.6) is 0 Å². The zero-order chi connectivity index (χ0) is 15.0. The van der Waals surface area contributed by atoms with E-state index in [0.717, 1.165) is 19.3 Å². The molecular formula is C14H19N3O3S. The average molecular weight is 309 g/mol. The summed E-state index contributed by atoms with van der Waals surface area (Å²) < 4.78 is 27.9. The Hall–Kier alpha value is -1.63. The van der Waals surface area contributed by atoms with Crippen molar-refractivity contribution in [3.8, 4) is 0 Å². The van der Waals surface area contributed by atoms with E-state index in [2.05, 4.69) is 22.0 Å². The summed E-state index contributed by atoms with van der Waals surface area (Å²) in [6, 6.07) is 0. The number of carbonyl (C=O) groups is 1. The third kappa shape index (κ3) is 3.18. The predicted octanol–water partition coefficient (Wildman–Crippen LogP) is 0.968. The molecule has 0 unspecified atom stereocenters. The van der Waals surface area contributed by atoms with Crippen LogP contribution < -0.4 is 4.72 Å². The fraction of sp³-hybridized carbons (Fsp3) is 0.571. The van der Waals surface area contributed by atoms with Crippen molar-refractivity contribution in [3.63, 3.8) is 0 Å². The first-order valence-corrected chi connectivity index (χ1v) is 8.78. The number of aromatic nitrogens is 2. The number of allylic oxidation sites excluding steroid dienone is 2. The van der Waals surface area contributed by atoms with Gasteiger partial charge in [-0.3, -0.25) is 14.2 Å². The fourth-order valence-electron chi connectivity index (χ4n) is 3.26. The molecule has 1 fully saturated rings. The molecule has 1 aromatic heterocycles. The molecule has 7 heteroatoms. The zero-order valence-electron chi connectivity index (χ0n) is 11.9. The molecule has 4 rings (SSSR count). The summed E-state index contributed by atoms with van der Waals surface area (Å²) >= 11 is 0. The van der Waals surface area contributed by atoms with Crippen molar-refractivity contribution in [3.05, 3.63) is 30.1 Å². The van der Waals surface area contributed by atoms with E-state index < -0.39 is 10.0 Å². The molecule has 1 saturated carbocycles. The summed E-state index contributed by atoms with van der Waals surface area (Å²) in [5.41, 5.74) is 0.572. The quantitative estimate of drug-likeness (QED) is 0.840. The fourth-order valence-corrected chi connectivity index (χ4v) is 4.38. The molecule has 6 nitrogen and oxygen atoms in total. The van der Waals surface area contributed by atoms with Gasteiger partial charge in [-0.25, -0.2) is 8.42 Å². The summed E-state index contributed by atoms with van der Waals surface area (Å²) in [6.07, 6.45) is 10.2. The smallest absolute Gasteiger partial charge is 0.239 e. The van der Waals surface area contributed by atoms with Gasteiger partial charge in [0.15, 0.2) is 0 Å². The van der Waals surface area contributed by atoms with Crippen molar-refractivity contribution in [2.24, 2.45) is 24.8 Å². The number of hydrogen-bond acceptors (Lipinski definition) is 4. The van der Waals surface area contributed by atoms with E-state index in [0.29, 0.717) is 11.5 Å². The second kappa shape index (κ2) is 5.29. The molecule has 3 aliphatic carbocycles. The molecule has 0 saturated heterocycles. The van der Waals surface area contributed by atoms with Crippen LogP contribution in [-0.4, -0.2) is 24.1 Å². The summed E-state index contributed by atoms with van der Waals surface area (Å²) in [5.74, 6) is -0.186. The van der Waals surface area contributed by atoms with E-state index in [1.54, 1.807) is 13.2 Å². The number of fused-ring (bicyclic) bond motifs is 2. The Labute approximate surface area is 124 Å². The van der Waals surface area contributed by atoms with Crippen molar-refractivity contribution in [1.82, 2.24) is 14.5 Å². The van der Waals surface area contributed by atoms with Gasteiger partial charge in [0.05, 0.1) is 11.9 Å². The van der Waals surface area contributed by atoms with Crippen LogP contribution in [0.15, 0.2) is 24.5 Å². The van der Waals surface area contributed by atoms with Crippen LogP contribution in [-0.2, 0) is 27.6 Å². The van der Waals surface area contributed by atoms with E-state index in [-0.39, 0.29) is 23.5 Å². The van der Waals surface area contributed by atoms with E-state index in [1.165, 1.54) is 10.9 Å². The zero-order valence-corrected chi connectivity index (χ0v) is 12.7. The minimum Gasteiger partial charge on any atom is -0.276 e. The van der Waals surface area contributed by atoms with E-state index in [4.69, 9.17) is 0 Å². The second-order valence-electron chi connectivity index (χ2n) is 5.98. The lowest BCUT2D eigenvalue weighted by Gasteiger charge is -2.36. The topological polar surface area (TPSA) is 81.1 Å². The molecule has 1 heterocycles. The number of aryl methyl sites for hydroxylation is 1. The molecule has 0 aromatic carbocycles. The molecular weight excluding hydrogens is 290 g/mol. The third-order valence-corrected chi connectivity index (χ3v) is 5.51. The Morgan fingerprint density at radius 2 is 2.24 bits per heavy atom. The first-order chi connectivity index (χ1) is 9.93. The molecule has 1 N–H and O–H groups in total. The number of nitrogens with one attached hydrogen (secondary N) is 1. The standard InChI is InChI=1S/C14H19N3O3S/c1-17-8-11(7-15-17)9-21(19,20)16-14(18)13-6-10-2-4-12(13)5-3-10/h2,4,7-8,10,12-13H,3,5-6,9H2,1H3,(H,16,18)/t10-,12+,13-/m1/s1. The molecule has 114 valence electrons. The monoisotopic (exact) mass is 309 g/mol. The SMILES string of the molecule is Cn1cc(CS(=O)(=O)NC(=O)[C@@H]2C[C@@H]3C=C[C@H]2CC3)cn1. The number of hydrogen-bond donors (Lipinski definition) is 1. The van der Waals surface area contributed by atoms with Crippen LogP contribution >= 0.6 is 0 Å². The van der Waals surface area contributed by atoms with Gasteiger partial charge in [-0.2, -0.15) is 5.10 Å². The second-order valence-corrected chi connectivity index (χ2v) is 7.70. The lowest BCUT2D eigenvalue weighted by atomic mass is 9.69. The maximum absolute atomic E-state index is 12.3. The third-order valence-electron chi connectivity index (χ3n) is 4.28. The maximum Gasteiger partial charge on any atom is 0.239 e. The first kappa shape index (κ1) is 14.3.